The minimum atomic E-state index is -0.0185. The van der Waals surface area contributed by atoms with Crippen LogP contribution in [0.25, 0.3) is 5.65 Å². The van der Waals surface area contributed by atoms with Crippen molar-refractivity contribution in [3.05, 3.63) is 32.2 Å². The van der Waals surface area contributed by atoms with Gasteiger partial charge in [-0.25, -0.2) is 4.98 Å². The molecule has 0 unspecified atom stereocenters. The van der Waals surface area contributed by atoms with Crippen LogP contribution in [0.15, 0.2) is 22.9 Å². The van der Waals surface area contributed by atoms with Gasteiger partial charge in [0.2, 0.25) is 0 Å². The van der Waals surface area contributed by atoms with Crippen LogP contribution in [0.5, 0.6) is 0 Å². The molecule has 2 heterocycles. The molecular formula is C8H6BrIN2O. The number of aromatic nitrogens is 2. The van der Waals surface area contributed by atoms with Gasteiger partial charge in [0.15, 0.2) is 5.65 Å². The first kappa shape index (κ1) is 9.42. The molecule has 0 aliphatic heterocycles. The molecule has 2 rings (SSSR count). The molecule has 1 N–H and O–H groups in total. The highest BCUT2D eigenvalue weighted by atomic mass is 127. The predicted molar refractivity (Wildman–Crippen MR) is 61.5 cm³/mol. The van der Waals surface area contributed by atoms with E-state index in [2.05, 4.69) is 43.5 Å². The zero-order chi connectivity index (χ0) is 9.42. The fourth-order valence-corrected chi connectivity index (χ4v) is 2.76. The first-order valence-corrected chi connectivity index (χ1v) is 5.51. The van der Waals surface area contributed by atoms with Gasteiger partial charge in [-0.2, -0.15) is 0 Å². The quantitative estimate of drug-likeness (QED) is 0.799. The van der Waals surface area contributed by atoms with Gasteiger partial charge in [0.1, 0.15) is 0 Å². The van der Waals surface area contributed by atoms with Crippen molar-refractivity contribution in [3.63, 3.8) is 0 Å². The van der Waals surface area contributed by atoms with E-state index in [1.54, 1.807) is 0 Å². The Hall–Kier alpha value is -0.140. The number of aliphatic hydroxyl groups excluding tert-OH is 1. The molecule has 0 atom stereocenters. The monoisotopic (exact) mass is 352 g/mol. The van der Waals surface area contributed by atoms with Crippen LogP contribution in [0.3, 0.4) is 0 Å². The molecule has 0 bridgehead atoms. The van der Waals surface area contributed by atoms with Gasteiger partial charge in [0.25, 0.3) is 0 Å². The van der Waals surface area contributed by atoms with Crippen LogP contribution in [0.1, 0.15) is 5.69 Å². The van der Waals surface area contributed by atoms with Crippen molar-refractivity contribution in [3.8, 4) is 0 Å². The van der Waals surface area contributed by atoms with Gasteiger partial charge in [-0.3, -0.25) is 0 Å². The molecule has 68 valence electrons. The van der Waals surface area contributed by atoms with Gasteiger partial charge in [-0.1, -0.05) is 0 Å². The summed E-state index contributed by atoms with van der Waals surface area (Å²) < 4.78 is 3.97. The van der Waals surface area contributed by atoms with E-state index in [0.29, 0.717) is 5.69 Å². The summed E-state index contributed by atoms with van der Waals surface area (Å²) in [6.07, 6.45) is 3.74. The van der Waals surface area contributed by atoms with Gasteiger partial charge in [0.05, 0.1) is 15.9 Å². The SMILES string of the molecule is OCc1cn2cc(Br)cc(I)c2n1. The molecule has 0 fully saturated rings. The lowest BCUT2D eigenvalue weighted by Gasteiger charge is -1.96. The topological polar surface area (TPSA) is 37.5 Å². The van der Waals surface area contributed by atoms with Crippen LogP contribution in [0.4, 0.5) is 0 Å². The molecule has 2 aromatic heterocycles. The zero-order valence-electron chi connectivity index (χ0n) is 6.54. The van der Waals surface area contributed by atoms with Gasteiger partial charge in [-0.15, -0.1) is 0 Å². The lowest BCUT2D eigenvalue weighted by atomic mass is 10.5. The van der Waals surface area contributed by atoms with Crippen LogP contribution in [0.2, 0.25) is 0 Å². The first-order chi connectivity index (χ1) is 6.20. The van der Waals surface area contributed by atoms with E-state index >= 15 is 0 Å². The molecule has 0 saturated carbocycles. The van der Waals surface area contributed by atoms with Crippen molar-refractivity contribution in [1.82, 2.24) is 9.38 Å². The van der Waals surface area contributed by atoms with Crippen LogP contribution >= 0.6 is 38.5 Å². The van der Waals surface area contributed by atoms with Gasteiger partial charge in [-0.05, 0) is 44.6 Å². The highest BCUT2D eigenvalue weighted by Crippen LogP contribution is 2.19. The minimum Gasteiger partial charge on any atom is -0.390 e. The van der Waals surface area contributed by atoms with E-state index in [9.17, 15) is 0 Å². The Morgan fingerprint density at radius 1 is 1.54 bits per heavy atom. The Morgan fingerprint density at radius 3 is 3.00 bits per heavy atom. The third-order valence-electron chi connectivity index (χ3n) is 1.68. The number of imidazole rings is 1. The summed E-state index contributed by atoms with van der Waals surface area (Å²) >= 11 is 5.62. The fourth-order valence-electron chi connectivity index (χ4n) is 1.15. The van der Waals surface area contributed by atoms with E-state index in [1.807, 2.05) is 22.9 Å². The molecule has 0 aliphatic carbocycles. The standard InChI is InChI=1S/C8H6BrIN2O/c9-5-1-7(10)8-11-6(4-13)3-12(8)2-5/h1-3,13H,4H2. The molecule has 0 aromatic carbocycles. The predicted octanol–water partition coefficient (Wildman–Crippen LogP) is 2.19. The Balaban J connectivity index is 2.75. The third kappa shape index (κ3) is 1.72. The molecular weight excluding hydrogens is 347 g/mol. The van der Waals surface area contributed by atoms with Gasteiger partial charge >= 0.3 is 0 Å². The van der Waals surface area contributed by atoms with Crippen LogP contribution in [-0.2, 0) is 6.61 Å². The molecule has 13 heavy (non-hydrogen) atoms. The number of fused-ring (bicyclic) bond motifs is 1. The van der Waals surface area contributed by atoms with E-state index in [-0.39, 0.29) is 6.61 Å². The number of pyridine rings is 1. The van der Waals surface area contributed by atoms with Crippen LogP contribution in [-0.4, -0.2) is 14.5 Å². The molecule has 0 amide bonds. The maximum atomic E-state index is 8.91. The van der Waals surface area contributed by atoms with Crippen molar-refractivity contribution in [2.75, 3.05) is 0 Å². The minimum absolute atomic E-state index is 0.0185. The van der Waals surface area contributed by atoms with Crippen molar-refractivity contribution in [2.24, 2.45) is 0 Å². The molecule has 5 heteroatoms. The summed E-state index contributed by atoms with van der Waals surface area (Å²) in [7, 11) is 0. The van der Waals surface area contributed by atoms with E-state index < -0.39 is 0 Å². The smallest absolute Gasteiger partial charge is 0.150 e. The average Bonchev–Trinajstić information content (AvgIpc) is 2.47. The number of nitrogens with zero attached hydrogens (tertiary/aromatic N) is 2. The maximum Gasteiger partial charge on any atom is 0.150 e. The third-order valence-corrected chi connectivity index (χ3v) is 2.91. The average molecular weight is 353 g/mol. The summed E-state index contributed by atoms with van der Waals surface area (Å²) in [6.45, 7) is -0.0185. The Bertz CT molecular complexity index is 455. The second kappa shape index (κ2) is 3.55. The van der Waals surface area contributed by atoms with Crippen molar-refractivity contribution in [2.45, 2.75) is 6.61 Å². The summed E-state index contributed by atoms with van der Waals surface area (Å²) in [5.41, 5.74) is 1.57. The molecule has 0 saturated heterocycles. The fraction of sp³-hybridized carbons (Fsp3) is 0.125. The van der Waals surface area contributed by atoms with E-state index in [0.717, 1.165) is 13.7 Å². The lowest BCUT2D eigenvalue weighted by molar-refractivity contribution is 0.277. The molecule has 0 spiro atoms. The normalized spacial score (nSPS) is 11.0. The highest BCUT2D eigenvalue weighted by Gasteiger charge is 2.04. The van der Waals surface area contributed by atoms with Crippen molar-refractivity contribution < 1.29 is 5.11 Å². The Labute approximate surface area is 97.1 Å². The van der Waals surface area contributed by atoms with Crippen LogP contribution < -0.4 is 0 Å². The Kier molecular flexibility index (Phi) is 2.57. The number of rotatable bonds is 1. The number of hydrogen-bond acceptors (Lipinski definition) is 2. The molecule has 2 aromatic rings. The summed E-state index contributed by atoms with van der Waals surface area (Å²) in [4.78, 5) is 4.26. The summed E-state index contributed by atoms with van der Waals surface area (Å²) in [6, 6.07) is 1.99. The Morgan fingerprint density at radius 2 is 2.31 bits per heavy atom. The van der Waals surface area contributed by atoms with Crippen LogP contribution in [0, 0.1) is 3.57 Å². The highest BCUT2D eigenvalue weighted by molar-refractivity contribution is 14.1. The maximum absolute atomic E-state index is 8.91. The molecule has 0 radical (unpaired) electrons. The zero-order valence-corrected chi connectivity index (χ0v) is 10.3. The summed E-state index contributed by atoms with van der Waals surface area (Å²) in [5, 5.41) is 8.91. The largest absolute Gasteiger partial charge is 0.390 e. The number of halogens is 2. The summed E-state index contributed by atoms with van der Waals surface area (Å²) in [5.74, 6) is 0. The van der Waals surface area contributed by atoms with Gasteiger partial charge < -0.3 is 9.51 Å². The first-order valence-electron chi connectivity index (χ1n) is 3.64. The second-order valence-corrected chi connectivity index (χ2v) is 4.71. The molecule has 3 nitrogen and oxygen atoms in total. The molecule has 0 aliphatic rings. The number of aliphatic hydroxyl groups is 1. The van der Waals surface area contributed by atoms with Crippen molar-refractivity contribution >= 4 is 44.2 Å². The van der Waals surface area contributed by atoms with E-state index in [4.69, 9.17) is 5.11 Å². The second-order valence-electron chi connectivity index (χ2n) is 2.63. The van der Waals surface area contributed by atoms with E-state index in [1.165, 1.54) is 0 Å². The number of hydrogen-bond donors (Lipinski definition) is 1. The van der Waals surface area contributed by atoms with Gasteiger partial charge in [0, 0.05) is 16.9 Å². The lowest BCUT2D eigenvalue weighted by Crippen LogP contribution is -1.85. The van der Waals surface area contributed by atoms with Crippen molar-refractivity contribution in [1.29, 1.82) is 0 Å².